The molecule has 0 spiro atoms. The van der Waals surface area contributed by atoms with Crippen molar-refractivity contribution in [1.82, 2.24) is 9.97 Å². The Hall–Kier alpha value is -1.75. The third-order valence-electron chi connectivity index (χ3n) is 2.04. The molecule has 0 fully saturated rings. The number of benzene rings is 1. The van der Waals surface area contributed by atoms with E-state index in [9.17, 15) is 4.91 Å². The largest absolute Gasteiger partial charge is 0.373 e. The Morgan fingerprint density at radius 3 is 2.87 bits per heavy atom. The van der Waals surface area contributed by atoms with E-state index in [2.05, 4.69) is 20.5 Å². The zero-order chi connectivity index (χ0) is 10.8. The van der Waals surface area contributed by atoms with Gasteiger partial charge in [-0.3, -0.25) is 0 Å². The summed E-state index contributed by atoms with van der Waals surface area (Å²) in [6, 6.07) is 3.16. The Bertz CT molecular complexity index is 529. The molecule has 0 aliphatic carbocycles. The van der Waals surface area contributed by atoms with Crippen LogP contribution in [-0.2, 0) is 0 Å². The van der Waals surface area contributed by atoms with Gasteiger partial charge in [-0.25, -0.2) is 9.97 Å². The maximum Gasteiger partial charge on any atom is 0.137 e. The van der Waals surface area contributed by atoms with Gasteiger partial charge < -0.3 is 5.32 Å². The Morgan fingerprint density at radius 1 is 1.40 bits per heavy atom. The fraction of sp³-hybridized carbons (Fsp3) is 0.111. The summed E-state index contributed by atoms with van der Waals surface area (Å²) in [5.41, 5.74) is 0.863. The lowest BCUT2D eigenvalue weighted by Gasteiger charge is -2.04. The molecule has 0 bridgehead atoms. The lowest BCUT2D eigenvalue weighted by Crippen LogP contribution is -1.94. The molecular weight excluding hydrogens is 216 g/mol. The van der Waals surface area contributed by atoms with Gasteiger partial charge in [0.1, 0.15) is 17.8 Å². The van der Waals surface area contributed by atoms with Crippen LogP contribution in [0.1, 0.15) is 0 Å². The van der Waals surface area contributed by atoms with Crippen LogP contribution in [0.2, 0.25) is 5.02 Å². The first-order chi connectivity index (χ1) is 7.26. The second-order valence-corrected chi connectivity index (χ2v) is 3.29. The fourth-order valence-electron chi connectivity index (χ4n) is 1.34. The minimum atomic E-state index is 0.190. The van der Waals surface area contributed by atoms with Crippen LogP contribution < -0.4 is 5.32 Å². The van der Waals surface area contributed by atoms with Crippen LogP contribution in [0.15, 0.2) is 23.6 Å². The zero-order valence-corrected chi connectivity index (χ0v) is 8.62. The number of hydrogen-bond donors (Lipinski definition) is 1. The number of fused-ring (bicyclic) bond motifs is 1. The number of nitroso groups, excluding NO2 is 1. The number of aromatic nitrogens is 2. The molecule has 1 heterocycles. The second kappa shape index (κ2) is 3.78. The van der Waals surface area contributed by atoms with Crippen molar-refractivity contribution >= 4 is 34.0 Å². The van der Waals surface area contributed by atoms with Crippen molar-refractivity contribution in [3.8, 4) is 0 Å². The summed E-state index contributed by atoms with van der Waals surface area (Å²) in [4.78, 5) is 18.5. The third kappa shape index (κ3) is 1.61. The molecule has 0 amide bonds. The molecule has 0 aliphatic rings. The summed E-state index contributed by atoms with van der Waals surface area (Å²) in [6.07, 6.45) is 1.43. The highest BCUT2D eigenvalue weighted by Crippen LogP contribution is 2.31. The maximum absolute atomic E-state index is 10.5. The van der Waals surface area contributed by atoms with Gasteiger partial charge in [0.25, 0.3) is 0 Å². The minimum absolute atomic E-state index is 0.190. The van der Waals surface area contributed by atoms with E-state index < -0.39 is 0 Å². The van der Waals surface area contributed by atoms with Gasteiger partial charge in [0, 0.05) is 12.4 Å². The normalized spacial score (nSPS) is 10.3. The van der Waals surface area contributed by atoms with Crippen LogP contribution in [0.5, 0.6) is 0 Å². The molecule has 15 heavy (non-hydrogen) atoms. The number of rotatable bonds is 2. The van der Waals surface area contributed by atoms with E-state index >= 15 is 0 Å². The maximum atomic E-state index is 10.5. The summed E-state index contributed by atoms with van der Waals surface area (Å²) in [6.45, 7) is 0. The number of halogens is 1. The molecule has 5 nitrogen and oxygen atoms in total. The van der Waals surface area contributed by atoms with Gasteiger partial charge in [-0.2, -0.15) is 0 Å². The van der Waals surface area contributed by atoms with Crippen molar-refractivity contribution in [2.45, 2.75) is 0 Å². The quantitative estimate of drug-likeness (QED) is 0.794. The van der Waals surface area contributed by atoms with Crippen molar-refractivity contribution in [1.29, 1.82) is 0 Å². The third-order valence-corrected chi connectivity index (χ3v) is 2.34. The van der Waals surface area contributed by atoms with Gasteiger partial charge >= 0.3 is 0 Å². The first-order valence-corrected chi connectivity index (χ1v) is 4.59. The number of nitrogens with one attached hydrogen (secondary N) is 1. The lowest BCUT2D eigenvalue weighted by atomic mass is 10.2. The Kier molecular flexibility index (Phi) is 2.47. The standard InChI is InChI=1S/C9H7ClN4O/c1-11-9-5-2-8(14-15)6(10)3-7(5)12-4-13-9/h2-4H,1H3,(H,11,12,13). The first kappa shape index (κ1) is 9.79. The van der Waals surface area contributed by atoms with Crippen molar-refractivity contribution in [3.05, 3.63) is 28.4 Å². The molecule has 0 unspecified atom stereocenters. The van der Waals surface area contributed by atoms with E-state index in [1.165, 1.54) is 6.33 Å². The van der Waals surface area contributed by atoms with Gasteiger partial charge in [-0.1, -0.05) is 11.6 Å². The van der Waals surface area contributed by atoms with E-state index in [-0.39, 0.29) is 5.69 Å². The summed E-state index contributed by atoms with van der Waals surface area (Å²) in [7, 11) is 1.74. The number of anilines is 1. The number of hydrogen-bond acceptors (Lipinski definition) is 5. The van der Waals surface area contributed by atoms with Gasteiger partial charge in [-0.15, -0.1) is 4.91 Å². The van der Waals surface area contributed by atoms with Crippen molar-refractivity contribution in [3.63, 3.8) is 0 Å². The van der Waals surface area contributed by atoms with E-state index in [0.29, 0.717) is 16.4 Å². The second-order valence-electron chi connectivity index (χ2n) is 2.88. The highest BCUT2D eigenvalue weighted by Gasteiger charge is 2.07. The van der Waals surface area contributed by atoms with Crippen LogP contribution in [0.4, 0.5) is 11.5 Å². The predicted molar refractivity (Wildman–Crippen MR) is 59.5 cm³/mol. The van der Waals surface area contributed by atoms with E-state index in [0.717, 1.165) is 5.39 Å². The Balaban J connectivity index is 2.81. The SMILES string of the molecule is CNc1ncnc2cc(Cl)c(N=O)cc12. The molecule has 0 radical (unpaired) electrons. The monoisotopic (exact) mass is 222 g/mol. The topological polar surface area (TPSA) is 67.2 Å². The average Bonchev–Trinajstić information content (AvgIpc) is 2.27. The highest BCUT2D eigenvalue weighted by molar-refractivity contribution is 6.33. The van der Waals surface area contributed by atoms with Gasteiger partial charge in [0.2, 0.25) is 0 Å². The Labute approximate surface area is 90.5 Å². The van der Waals surface area contributed by atoms with E-state index in [4.69, 9.17) is 11.6 Å². The van der Waals surface area contributed by atoms with E-state index in [1.807, 2.05) is 0 Å². The zero-order valence-electron chi connectivity index (χ0n) is 7.86. The summed E-state index contributed by atoms with van der Waals surface area (Å²) >= 11 is 5.82. The average molecular weight is 223 g/mol. The number of nitrogens with zero attached hydrogens (tertiary/aromatic N) is 3. The van der Waals surface area contributed by atoms with Crippen molar-refractivity contribution in [2.75, 3.05) is 12.4 Å². The minimum Gasteiger partial charge on any atom is -0.373 e. The first-order valence-electron chi connectivity index (χ1n) is 4.21. The van der Waals surface area contributed by atoms with E-state index in [1.54, 1.807) is 19.2 Å². The highest BCUT2D eigenvalue weighted by atomic mass is 35.5. The fourth-order valence-corrected chi connectivity index (χ4v) is 1.53. The smallest absolute Gasteiger partial charge is 0.137 e. The van der Waals surface area contributed by atoms with Gasteiger partial charge in [-0.05, 0) is 17.3 Å². The van der Waals surface area contributed by atoms with Crippen LogP contribution >= 0.6 is 11.6 Å². The Morgan fingerprint density at radius 2 is 2.20 bits per heavy atom. The molecule has 1 aromatic carbocycles. The molecular formula is C9H7ClN4O. The lowest BCUT2D eigenvalue weighted by molar-refractivity contribution is 1.21. The molecule has 1 aromatic heterocycles. The van der Waals surface area contributed by atoms with Crippen LogP contribution in [0, 0.1) is 4.91 Å². The van der Waals surface area contributed by atoms with Crippen LogP contribution in [0.3, 0.4) is 0 Å². The van der Waals surface area contributed by atoms with Crippen LogP contribution in [0.25, 0.3) is 10.9 Å². The van der Waals surface area contributed by atoms with Gasteiger partial charge in [0.15, 0.2) is 0 Å². The molecule has 0 atom stereocenters. The molecule has 1 N–H and O–H groups in total. The summed E-state index contributed by atoms with van der Waals surface area (Å²) in [5.74, 6) is 0.640. The molecule has 2 rings (SSSR count). The molecule has 0 aliphatic heterocycles. The predicted octanol–water partition coefficient (Wildman–Crippen LogP) is 2.72. The van der Waals surface area contributed by atoms with Crippen molar-refractivity contribution in [2.24, 2.45) is 5.18 Å². The summed E-state index contributed by atoms with van der Waals surface area (Å²) in [5, 5.41) is 6.74. The van der Waals surface area contributed by atoms with Gasteiger partial charge in [0.05, 0.1) is 10.5 Å². The van der Waals surface area contributed by atoms with Crippen LogP contribution in [-0.4, -0.2) is 17.0 Å². The molecule has 0 saturated heterocycles. The molecule has 76 valence electrons. The molecule has 0 saturated carbocycles. The summed E-state index contributed by atoms with van der Waals surface area (Å²) < 4.78 is 0. The molecule has 6 heteroatoms. The molecule has 2 aromatic rings. The van der Waals surface area contributed by atoms with Crippen molar-refractivity contribution < 1.29 is 0 Å².